The van der Waals surface area contributed by atoms with Gasteiger partial charge >= 0.3 is 6.09 Å². The molecule has 1 rings (SSSR count). The van der Waals surface area contributed by atoms with Gasteiger partial charge in [-0.25, -0.2) is 9.78 Å². The van der Waals surface area contributed by atoms with E-state index in [0.717, 1.165) is 0 Å². The second-order valence-corrected chi connectivity index (χ2v) is 4.42. The van der Waals surface area contributed by atoms with Gasteiger partial charge in [0, 0.05) is 11.2 Å². The van der Waals surface area contributed by atoms with E-state index in [9.17, 15) is 4.79 Å². The van der Waals surface area contributed by atoms with Gasteiger partial charge in [-0.1, -0.05) is 25.4 Å². The minimum atomic E-state index is -0.544. The highest BCUT2D eigenvalue weighted by Crippen LogP contribution is 2.13. The van der Waals surface area contributed by atoms with Crippen LogP contribution in [0, 0.1) is 0 Å². The molecule has 1 N–H and O–H groups in total. The van der Waals surface area contributed by atoms with Crippen molar-refractivity contribution in [3.05, 3.63) is 23.4 Å². The lowest BCUT2D eigenvalue weighted by atomic mass is 10.2. The third kappa shape index (κ3) is 7.58. The van der Waals surface area contributed by atoms with Crippen LogP contribution >= 0.6 is 11.6 Å². The number of hydrogen-bond donors (Lipinski definition) is 1. The Balaban J connectivity index is 0.00000121. The second-order valence-electron chi connectivity index (χ2n) is 3.99. The van der Waals surface area contributed by atoms with E-state index >= 15 is 0 Å². The molecule has 5 heteroatoms. The fourth-order valence-corrected chi connectivity index (χ4v) is 1.04. The highest BCUT2D eigenvalue weighted by atomic mass is 35.5. The van der Waals surface area contributed by atoms with Crippen molar-refractivity contribution in [1.29, 1.82) is 0 Å². The molecule has 4 nitrogen and oxygen atoms in total. The number of carbonyl (C=O) groups excluding carboxylic acids is 1. The summed E-state index contributed by atoms with van der Waals surface area (Å²) in [4.78, 5) is 15.2. The summed E-state index contributed by atoms with van der Waals surface area (Å²) in [7, 11) is 0. The lowest BCUT2D eigenvalue weighted by Crippen LogP contribution is -2.27. The fourth-order valence-electron chi connectivity index (χ4n) is 0.881. The van der Waals surface area contributed by atoms with E-state index in [2.05, 4.69) is 10.3 Å². The van der Waals surface area contributed by atoms with Crippen LogP contribution in [-0.4, -0.2) is 16.7 Å². The van der Waals surface area contributed by atoms with E-state index in [0.29, 0.717) is 10.8 Å². The summed E-state index contributed by atoms with van der Waals surface area (Å²) in [6.45, 7) is 9.37. The van der Waals surface area contributed by atoms with Gasteiger partial charge in [0.2, 0.25) is 0 Å². The number of amides is 1. The Kier molecular flexibility index (Phi) is 6.58. The highest BCUT2D eigenvalue weighted by Gasteiger charge is 2.16. The van der Waals surface area contributed by atoms with Gasteiger partial charge in [-0.05, 0) is 32.9 Å². The topological polar surface area (TPSA) is 51.2 Å². The second kappa shape index (κ2) is 7.12. The molecule has 0 fully saturated rings. The van der Waals surface area contributed by atoms with Crippen LogP contribution in [0.4, 0.5) is 10.6 Å². The molecule has 0 bridgehead atoms. The van der Waals surface area contributed by atoms with Crippen molar-refractivity contribution in [2.45, 2.75) is 40.2 Å². The molecule has 0 aliphatic heterocycles. The number of ether oxygens (including phenoxy) is 1. The number of halogens is 1. The summed E-state index contributed by atoms with van der Waals surface area (Å²) >= 11 is 5.73. The SMILES string of the molecule is CC.CC(C)(C)OC(=O)Nc1cc(Cl)ccn1. The van der Waals surface area contributed by atoms with Crippen LogP contribution in [0.15, 0.2) is 18.3 Å². The lowest BCUT2D eigenvalue weighted by Gasteiger charge is -2.19. The van der Waals surface area contributed by atoms with Crippen LogP contribution in [0.3, 0.4) is 0 Å². The van der Waals surface area contributed by atoms with Crippen molar-refractivity contribution < 1.29 is 9.53 Å². The van der Waals surface area contributed by atoms with Crippen molar-refractivity contribution in [1.82, 2.24) is 4.98 Å². The largest absolute Gasteiger partial charge is 0.444 e. The Bertz CT molecular complexity index is 362. The summed E-state index contributed by atoms with van der Waals surface area (Å²) < 4.78 is 5.05. The number of pyridine rings is 1. The molecule has 1 amide bonds. The number of carbonyl (C=O) groups is 1. The van der Waals surface area contributed by atoms with Crippen molar-refractivity contribution in [2.24, 2.45) is 0 Å². The van der Waals surface area contributed by atoms with Gasteiger partial charge in [-0.2, -0.15) is 0 Å². The van der Waals surface area contributed by atoms with Gasteiger partial charge in [0.05, 0.1) is 0 Å². The molecular formula is C12H19ClN2O2. The lowest BCUT2D eigenvalue weighted by molar-refractivity contribution is 0.0635. The van der Waals surface area contributed by atoms with Gasteiger partial charge < -0.3 is 4.74 Å². The van der Waals surface area contributed by atoms with Gasteiger partial charge in [-0.15, -0.1) is 0 Å². The van der Waals surface area contributed by atoms with E-state index < -0.39 is 11.7 Å². The molecular weight excluding hydrogens is 240 g/mol. The minimum Gasteiger partial charge on any atom is -0.444 e. The zero-order valence-corrected chi connectivity index (χ0v) is 11.6. The predicted octanol–water partition coefficient (Wildman–Crippen LogP) is 4.11. The van der Waals surface area contributed by atoms with Crippen molar-refractivity contribution in [3.63, 3.8) is 0 Å². The van der Waals surface area contributed by atoms with Crippen LogP contribution in [0.5, 0.6) is 0 Å². The van der Waals surface area contributed by atoms with Crippen molar-refractivity contribution in [3.8, 4) is 0 Å². The Morgan fingerprint density at radius 3 is 2.47 bits per heavy atom. The molecule has 0 saturated carbocycles. The molecule has 0 aromatic carbocycles. The first kappa shape index (κ1) is 15.7. The van der Waals surface area contributed by atoms with E-state index in [4.69, 9.17) is 16.3 Å². The highest BCUT2D eigenvalue weighted by molar-refractivity contribution is 6.30. The third-order valence-electron chi connectivity index (χ3n) is 1.35. The molecule has 0 atom stereocenters. The summed E-state index contributed by atoms with van der Waals surface area (Å²) in [5.74, 6) is 0.372. The molecule has 17 heavy (non-hydrogen) atoms. The molecule has 1 heterocycles. The molecule has 0 radical (unpaired) electrons. The average Bonchev–Trinajstić information content (AvgIpc) is 2.17. The Hall–Kier alpha value is -1.29. The minimum absolute atomic E-state index is 0.372. The standard InChI is InChI=1S/C10H13ClN2O2.C2H6/c1-10(2,3)15-9(14)13-8-6-7(11)4-5-12-8;1-2/h4-6H,1-3H3,(H,12,13,14);1-2H3. The van der Waals surface area contributed by atoms with E-state index in [-0.39, 0.29) is 0 Å². The fraction of sp³-hybridized carbons (Fsp3) is 0.500. The van der Waals surface area contributed by atoms with Crippen molar-refractivity contribution in [2.75, 3.05) is 5.32 Å². The van der Waals surface area contributed by atoms with Gasteiger partial charge in [0.15, 0.2) is 0 Å². The Labute approximate surface area is 107 Å². The average molecular weight is 259 g/mol. The molecule has 0 spiro atoms. The number of anilines is 1. The van der Waals surface area contributed by atoms with Gasteiger partial charge in [0.1, 0.15) is 11.4 Å². The molecule has 0 unspecified atom stereocenters. The molecule has 0 aliphatic carbocycles. The maximum Gasteiger partial charge on any atom is 0.413 e. The van der Waals surface area contributed by atoms with Crippen LogP contribution in [0.1, 0.15) is 34.6 Å². The van der Waals surface area contributed by atoms with Crippen molar-refractivity contribution >= 4 is 23.5 Å². The van der Waals surface area contributed by atoms with E-state index in [1.807, 2.05) is 13.8 Å². The van der Waals surface area contributed by atoms with E-state index in [1.54, 1.807) is 32.9 Å². The maximum atomic E-state index is 11.3. The van der Waals surface area contributed by atoms with E-state index in [1.165, 1.54) is 6.20 Å². The zero-order valence-electron chi connectivity index (χ0n) is 10.9. The number of aromatic nitrogens is 1. The monoisotopic (exact) mass is 258 g/mol. The summed E-state index contributed by atoms with van der Waals surface area (Å²) in [5, 5.41) is 2.99. The first-order valence-corrected chi connectivity index (χ1v) is 5.86. The maximum absolute atomic E-state index is 11.3. The van der Waals surface area contributed by atoms with Crippen LogP contribution in [-0.2, 0) is 4.74 Å². The molecule has 96 valence electrons. The summed E-state index contributed by atoms with van der Waals surface area (Å²) in [5.41, 5.74) is -0.525. The Morgan fingerprint density at radius 2 is 2.00 bits per heavy atom. The first-order valence-electron chi connectivity index (χ1n) is 5.48. The summed E-state index contributed by atoms with van der Waals surface area (Å²) in [6, 6.07) is 3.17. The smallest absolute Gasteiger partial charge is 0.413 e. The number of nitrogens with zero attached hydrogens (tertiary/aromatic N) is 1. The Morgan fingerprint density at radius 1 is 1.41 bits per heavy atom. The first-order chi connectivity index (χ1) is 7.87. The van der Waals surface area contributed by atoms with Gasteiger partial charge in [-0.3, -0.25) is 5.32 Å². The summed E-state index contributed by atoms with van der Waals surface area (Å²) in [6.07, 6.45) is 0.965. The number of hydrogen-bond acceptors (Lipinski definition) is 3. The quantitative estimate of drug-likeness (QED) is 0.825. The molecule has 1 aromatic rings. The van der Waals surface area contributed by atoms with Crippen LogP contribution in [0.2, 0.25) is 5.02 Å². The van der Waals surface area contributed by atoms with Gasteiger partial charge in [0.25, 0.3) is 0 Å². The zero-order chi connectivity index (χ0) is 13.5. The predicted molar refractivity (Wildman–Crippen MR) is 70.5 cm³/mol. The molecule has 0 saturated heterocycles. The third-order valence-corrected chi connectivity index (χ3v) is 1.59. The number of nitrogens with one attached hydrogen (secondary N) is 1. The molecule has 1 aromatic heterocycles. The van der Waals surface area contributed by atoms with Crippen LogP contribution in [0.25, 0.3) is 0 Å². The number of rotatable bonds is 1. The molecule has 0 aliphatic rings. The normalized spacial score (nSPS) is 10.0. The van der Waals surface area contributed by atoms with Crippen LogP contribution < -0.4 is 5.32 Å².